The lowest BCUT2D eigenvalue weighted by Crippen LogP contribution is -2.29. The Balaban J connectivity index is 1.52. The van der Waals surface area contributed by atoms with E-state index in [1.54, 1.807) is 10.7 Å². The zero-order valence-corrected chi connectivity index (χ0v) is 11.4. The molecule has 2 aromatic heterocycles. The van der Waals surface area contributed by atoms with Crippen LogP contribution in [0.25, 0.3) is 5.65 Å². The molecule has 5 heteroatoms. The van der Waals surface area contributed by atoms with Crippen LogP contribution in [0.5, 0.6) is 0 Å². The van der Waals surface area contributed by atoms with Gasteiger partial charge in [0.15, 0.2) is 5.65 Å². The van der Waals surface area contributed by atoms with Gasteiger partial charge in [0.1, 0.15) is 5.82 Å². The Morgan fingerprint density at radius 3 is 3.00 bits per heavy atom. The van der Waals surface area contributed by atoms with Crippen LogP contribution in [0, 0.1) is 5.92 Å². The van der Waals surface area contributed by atoms with E-state index in [-0.39, 0.29) is 0 Å². The Bertz CT molecular complexity index is 529. The molecular formula is C14H21N5. The third-order valence-corrected chi connectivity index (χ3v) is 3.66. The van der Waals surface area contributed by atoms with E-state index in [1.807, 2.05) is 18.3 Å². The first-order valence-electron chi connectivity index (χ1n) is 7.08. The summed E-state index contributed by atoms with van der Waals surface area (Å²) in [6.45, 7) is 6.98. The summed E-state index contributed by atoms with van der Waals surface area (Å²) in [4.78, 5) is 7.07. The van der Waals surface area contributed by atoms with Crippen molar-refractivity contribution in [3.05, 3.63) is 24.5 Å². The maximum atomic E-state index is 4.51. The van der Waals surface area contributed by atoms with E-state index in [4.69, 9.17) is 0 Å². The fourth-order valence-electron chi connectivity index (χ4n) is 2.66. The first-order chi connectivity index (χ1) is 9.31. The number of fused-ring (bicyclic) bond motifs is 1. The second-order valence-corrected chi connectivity index (χ2v) is 5.44. The fourth-order valence-corrected chi connectivity index (χ4v) is 2.66. The average Bonchev–Trinajstić information content (AvgIpc) is 3.06. The van der Waals surface area contributed by atoms with E-state index in [2.05, 4.69) is 27.2 Å². The number of aromatic nitrogens is 3. The second kappa shape index (κ2) is 5.57. The fraction of sp³-hybridized carbons (Fsp3) is 0.571. The minimum absolute atomic E-state index is 0.640. The second-order valence-electron chi connectivity index (χ2n) is 5.44. The summed E-state index contributed by atoms with van der Waals surface area (Å²) < 4.78 is 1.78. The first kappa shape index (κ1) is 12.4. The Labute approximate surface area is 113 Å². The molecule has 1 unspecified atom stereocenters. The third kappa shape index (κ3) is 3.04. The zero-order chi connectivity index (χ0) is 13.1. The molecule has 3 rings (SSSR count). The molecule has 1 saturated heterocycles. The Morgan fingerprint density at radius 2 is 2.16 bits per heavy atom. The molecule has 5 nitrogen and oxygen atoms in total. The molecule has 1 atom stereocenters. The Hall–Kier alpha value is -1.62. The molecule has 0 radical (unpaired) electrons. The van der Waals surface area contributed by atoms with Gasteiger partial charge in [-0.2, -0.15) is 5.10 Å². The number of hydrogen-bond acceptors (Lipinski definition) is 4. The largest absolute Gasteiger partial charge is 0.370 e. The van der Waals surface area contributed by atoms with Crippen LogP contribution in [-0.4, -0.2) is 45.7 Å². The van der Waals surface area contributed by atoms with E-state index in [9.17, 15) is 0 Å². The molecule has 1 aliphatic heterocycles. The molecule has 102 valence electrons. The van der Waals surface area contributed by atoms with Gasteiger partial charge < -0.3 is 10.2 Å². The van der Waals surface area contributed by atoms with Gasteiger partial charge >= 0.3 is 0 Å². The van der Waals surface area contributed by atoms with Gasteiger partial charge in [0.05, 0.1) is 6.20 Å². The van der Waals surface area contributed by atoms with Gasteiger partial charge in [-0.25, -0.2) is 9.50 Å². The van der Waals surface area contributed by atoms with E-state index < -0.39 is 0 Å². The highest BCUT2D eigenvalue weighted by molar-refractivity contribution is 5.45. The van der Waals surface area contributed by atoms with Crippen LogP contribution in [-0.2, 0) is 0 Å². The smallest absolute Gasteiger partial charge is 0.157 e. The van der Waals surface area contributed by atoms with E-state index in [0.29, 0.717) is 5.92 Å². The number of hydrogen-bond donors (Lipinski definition) is 1. The first-order valence-corrected chi connectivity index (χ1v) is 7.08. The average molecular weight is 259 g/mol. The molecule has 1 fully saturated rings. The number of likely N-dealkylation sites (tertiary alicyclic amines) is 1. The molecule has 0 aliphatic carbocycles. The minimum Gasteiger partial charge on any atom is -0.370 e. The molecular weight excluding hydrogens is 238 g/mol. The molecule has 0 aromatic carbocycles. The van der Waals surface area contributed by atoms with Crippen molar-refractivity contribution in [2.24, 2.45) is 5.92 Å². The highest BCUT2D eigenvalue weighted by Gasteiger charge is 2.14. The van der Waals surface area contributed by atoms with Gasteiger partial charge in [-0.1, -0.05) is 6.92 Å². The molecule has 1 aliphatic rings. The van der Waals surface area contributed by atoms with Crippen molar-refractivity contribution in [3.8, 4) is 0 Å². The zero-order valence-electron chi connectivity index (χ0n) is 11.4. The maximum absolute atomic E-state index is 4.51. The van der Waals surface area contributed by atoms with Crippen LogP contribution in [0.4, 0.5) is 5.82 Å². The quantitative estimate of drug-likeness (QED) is 0.890. The normalized spacial score (nSPS) is 17.9. The molecule has 0 saturated carbocycles. The maximum Gasteiger partial charge on any atom is 0.157 e. The predicted octanol–water partition coefficient (Wildman–Crippen LogP) is 1.87. The summed E-state index contributed by atoms with van der Waals surface area (Å²) in [6.07, 6.45) is 6.43. The van der Waals surface area contributed by atoms with Crippen molar-refractivity contribution in [2.45, 2.75) is 19.8 Å². The van der Waals surface area contributed by atoms with Crippen LogP contribution in [0.3, 0.4) is 0 Å². The van der Waals surface area contributed by atoms with E-state index >= 15 is 0 Å². The van der Waals surface area contributed by atoms with Gasteiger partial charge in [0, 0.05) is 25.4 Å². The van der Waals surface area contributed by atoms with Crippen LogP contribution < -0.4 is 5.32 Å². The summed E-state index contributed by atoms with van der Waals surface area (Å²) in [6, 6.07) is 3.89. The number of nitrogens with one attached hydrogen (secondary N) is 1. The van der Waals surface area contributed by atoms with E-state index in [1.165, 1.54) is 32.5 Å². The topological polar surface area (TPSA) is 45.5 Å². The van der Waals surface area contributed by atoms with Crippen molar-refractivity contribution in [2.75, 3.05) is 31.5 Å². The van der Waals surface area contributed by atoms with Crippen molar-refractivity contribution in [1.82, 2.24) is 19.5 Å². The predicted molar refractivity (Wildman–Crippen MR) is 76.3 cm³/mol. The lowest BCUT2D eigenvalue weighted by atomic mass is 10.1. The SMILES string of the molecule is CC(CNc1ccn2nccc2n1)CN1CCCC1. The van der Waals surface area contributed by atoms with Crippen LogP contribution in [0.2, 0.25) is 0 Å². The standard InChI is InChI=1S/C14H21N5/c1-12(11-18-7-2-3-8-18)10-15-13-5-9-19-14(17-13)4-6-16-19/h4-6,9,12H,2-3,7-8,10-11H2,1H3,(H,15,17). The monoisotopic (exact) mass is 259 g/mol. The number of rotatable bonds is 5. The molecule has 0 bridgehead atoms. The molecule has 3 heterocycles. The number of anilines is 1. The van der Waals surface area contributed by atoms with Crippen molar-refractivity contribution in [1.29, 1.82) is 0 Å². The van der Waals surface area contributed by atoms with Crippen molar-refractivity contribution < 1.29 is 0 Å². The third-order valence-electron chi connectivity index (χ3n) is 3.66. The van der Waals surface area contributed by atoms with Crippen molar-refractivity contribution in [3.63, 3.8) is 0 Å². The van der Waals surface area contributed by atoms with Gasteiger partial charge in [-0.3, -0.25) is 0 Å². The summed E-state index contributed by atoms with van der Waals surface area (Å²) in [7, 11) is 0. The van der Waals surface area contributed by atoms with Crippen LogP contribution in [0.15, 0.2) is 24.5 Å². The molecule has 19 heavy (non-hydrogen) atoms. The Morgan fingerprint density at radius 1 is 1.32 bits per heavy atom. The van der Waals surface area contributed by atoms with Gasteiger partial charge in [-0.05, 0) is 37.9 Å². The molecule has 1 N–H and O–H groups in total. The summed E-state index contributed by atoms with van der Waals surface area (Å²) >= 11 is 0. The van der Waals surface area contributed by atoms with Gasteiger partial charge in [0.25, 0.3) is 0 Å². The molecule has 0 spiro atoms. The van der Waals surface area contributed by atoms with Crippen LogP contribution >= 0.6 is 0 Å². The lowest BCUT2D eigenvalue weighted by molar-refractivity contribution is 0.294. The van der Waals surface area contributed by atoms with E-state index in [0.717, 1.165) is 18.0 Å². The van der Waals surface area contributed by atoms with Crippen molar-refractivity contribution >= 4 is 11.5 Å². The minimum atomic E-state index is 0.640. The summed E-state index contributed by atoms with van der Waals surface area (Å²) in [5.74, 6) is 1.57. The molecule has 2 aromatic rings. The highest BCUT2D eigenvalue weighted by Crippen LogP contribution is 2.11. The highest BCUT2D eigenvalue weighted by atomic mass is 15.2. The summed E-state index contributed by atoms with van der Waals surface area (Å²) in [5.41, 5.74) is 0.886. The Kier molecular flexibility index (Phi) is 3.64. The lowest BCUT2D eigenvalue weighted by Gasteiger charge is -2.20. The summed E-state index contributed by atoms with van der Waals surface area (Å²) in [5, 5.41) is 7.56. The number of nitrogens with zero attached hydrogens (tertiary/aromatic N) is 4. The molecule has 0 amide bonds. The van der Waals surface area contributed by atoms with Gasteiger partial charge in [-0.15, -0.1) is 0 Å². The van der Waals surface area contributed by atoms with Gasteiger partial charge in [0.2, 0.25) is 0 Å². The van der Waals surface area contributed by atoms with Crippen LogP contribution in [0.1, 0.15) is 19.8 Å².